The Labute approximate surface area is 176 Å². The number of carbonyl (C=O) groups is 2. The van der Waals surface area contributed by atoms with Gasteiger partial charge >= 0.3 is 6.29 Å². The van der Waals surface area contributed by atoms with Gasteiger partial charge in [-0.25, -0.2) is 4.98 Å². The van der Waals surface area contributed by atoms with Crippen LogP contribution >= 0.6 is 0 Å². The van der Waals surface area contributed by atoms with E-state index >= 15 is 0 Å². The molecule has 0 radical (unpaired) electrons. The third-order valence-corrected chi connectivity index (χ3v) is 4.22. The molecule has 11 heteroatoms. The standard InChI is InChI=1S/C20H20F2N4O5/c1-12(29-2)18(27)25-16-9-13(7-8-23-16)10-24-15-6-4-3-5-14(15)19(28)26-17-11-30-20(21,22)31-17/h3-9,11-12,24H,10H2,1-2H3,(H,26,28)(H,23,25,27). The molecule has 1 aliphatic rings. The zero-order valence-electron chi connectivity index (χ0n) is 16.6. The topological polar surface area (TPSA) is 111 Å². The maximum Gasteiger partial charge on any atom is 0.586 e. The van der Waals surface area contributed by atoms with Crippen LogP contribution in [0.4, 0.5) is 20.3 Å². The van der Waals surface area contributed by atoms with Crippen LogP contribution in [-0.4, -0.2) is 36.3 Å². The van der Waals surface area contributed by atoms with E-state index in [2.05, 4.69) is 30.4 Å². The second-order valence-electron chi connectivity index (χ2n) is 6.44. The van der Waals surface area contributed by atoms with E-state index in [0.717, 1.165) is 5.56 Å². The predicted molar refractivity (Wildman–Crippen MR) is 106 cm³/mol. The molecule has 3 rings (SSSR count). The number of hydrogen-bond acceptors (Lipinski definition) is 7. The molecule has 0 bridgehead atoms. The van der Waals surface area contributed by atoms with E-state index in [-0.39, 0.29) is 11.5 Å². The van der Waals surface area contributed by atoms with Crippen LogP contribution in [0.1, 0.15) is 22.8 Å². The van der Waals surface area contributed by atoms with Crippen LogP contribution in [-0.2, 0) is 25.5 Å². The number of ether oxygens (including phenoxy) is 3. The lowest BCUT2D eigenvalue weighted by atomic mass is 10.1. The number of nitrogens with one attached hydrogen (secondary N) is 3. The Morgan fingerprint density at radius 1 is 1.23 bits per heavy atom. The summed E-state index contributed by atoms with van der Waals surface area (Å²) in [6, 6.07) is 9.94. The molecule has 1 aromatic carbocycles. The minimum Gasteiger partial charge on any atom is -0.402 e. The van der Waals surface area contributed by atoms with Crippen LogP contribution < -0.4 is 16.0 Å². The van der Waals surface area contributed by atoms with Gasteiger partial charge in [0.1, 0.15) is 11.9 Å². The Kier molecular flexibility index (Phi) is 6.65. The van der Waals surface area contributed by atoms with Gasteiger partial charge in [-0.15, -0.1) is 8.78 Å². The molecule has 1 unspecified atom stereocenters. The largest absolute Gasteiger partial charge is 0.586 e. The maximum atomic E-state index is 12.9. The van der Waals surface area contributed by atoms with Gasteiger partial charge in [-0.3, -0.25) is 14.9 Å². The second kappa shape index (κ2) is 9.39. The zero-order chi connectivity index (χ0) is 22.4. The number of halogens is 2. The first kappa shape index (κ1) is 22.0. The normalized spacial score (nSPS) is 15.2. The van der Waals surface area contributed by atoms with E-state index in [1.165, 1.54) is 19.4 Å². The Balaban J connectivity index is 1.64. The van der Waals surface area contributed by atoms with Crippen LogP contribution in [0.2, 0.25) is 0 Å². The van der Waals surface area contributed by atoms with Gasteiger partial charge in [0.2, 0.25) is 5.88 Å². The summed E-state index contributed by atoms with van der Waals surface area (Å²) in [5.74, 6) is -1.14. The van der Waals surface area contributed by atoms with Crippen molar-refractivity contribution in [2.75, 3.05) is 17.7 Å². The molecule has 0 aliphatic carbocycles. The van der Waals surface area contributed by atoms with Crippen molar-refractivity contribution in [2.24, 2.45) is 0 Å². The van der Waals surface area contributed by atoms with Crippen molar-refractivity contribution in [3.8, 4) is 0 Å². The van der Waals surface area contributed by atoms with Gasteiger partial charge in [-0.2, -0.15) is 0 Å². The number of hydrogen-bond donors (Lipinski definition) is 3. The second-order valence-corrected chi connectivity index (χ2v) is 6.44. The van der Waals surface area contributed by atoms with Crippen LogP contribution in [0, 0.1) is 0 Å². The summed E-state index contributed by atoms with van der Waals surface area (Å²) in [7, 11) is 1.43. The van der Waals surface area contributed by atoms with Gasteiger partial charge in [-0.1, -0.05) is 12.1 Å². The van der Waals surface area contributed by atoms with E-state index in [0.29, 0.717) is 24.3 Å². The Bertz CT molecular complexity index is 999. The summed E-state index contributed by atoms with van der Waals surface area (Å²) in [6.45, 7) is 1.92. The smallest absolute Gasteiger partial charge is 0.402 e. The first-order valence-electron chi connectivity index (χ1n) is 9.15. The fraction of sp³-hybridized carbons (Fsp3) is 0.250. The number of methoxy groups -OCH3 is 1. The fourth-order valence-electron chi connectivity index (χ4n) is 2.55. The molecule has 0 spiro atoms. The number of anilines is 2. The molecular weight excluding hydrogens is 414 g/mol. The highest BCUT2D eigenvalue weighted by Crippen LogP contribution is 2.27. The number of alkyl halides is 2. The van der Waals surface area contributed by atoms with Crippen LogP contribution in [0.5, 0.6) is 0 Å². The van der Waals surface area contributed by atoms with Crippen LogP contribution in [0.25, 0.3) is 0 Å². The third-order valence-electron chi connectivity index (χ3n) is 4.22. The highest BCUT2D eigenvalue weighted by Gasteiger charge is 2.41. The van der Waals surface area contributed by atoms with Crippen molar-refractivity contribution in [2.45, 2.75) is 25.9 Å². The lowest BCUT2D eigenvalue weighted by Crippen LogP contribution is -2.27. The first-order valence-corrected chi connectivity index (χ1v) is 9.15. The van der Waals surface area contributed by atoms with Gasteiger partial charge in [0, 0.05) is 25.5 Å². The van der Waals surface area contributed by atoms with Gasteiger partial charge in [0.15, 0.2) is 6.26 Å². The molecule has 2 aromatic rings. The Hall–Kier alpha value is -3.73. The predicted octanol–water partition coefficient (Wildman–Crippen LogP) is 2.79. The minimum atomic E-state index is -3.81. The molecular formula is C20H20F2N4O5. The summed E-state index contributed by atoms with van der Waals surface area (Å²) in [5, 5.41) is 7.97. The fourth-order valence-corrected chi connectivity index (χ4v) is 2.55. The van der Waals surface area contributed by atoms with E-state index in [4.69, 9.17) is 4.74 Å². The average molecular weight is 434 g/mol. The molecule has 2 amide bonds. The number of pyridine rings is 1. The van der Waals surface area contributed by atoms with E-state index in [9.17, 15) is 18.4 Å². The van der Waals surface area contributed by atoms with Crippen molar-refractivity contribution < 1.29 is 32.6 Å². The average Bonchev–Trinajstić information content (AvgIpc) is 3.10. The van der Waals surface area contributed by atoms with E-state index in [1.54, 1.807) is 37.3 Å². The molecule has 1 aliphatic heterocycles. The van der Waals surface area contributed by atoms with Crippen molar-refractivity contribution in [3.05, 3.63) is 65.9 Å². The van der Waals surface area contributed by atoms with Gasteiger partial charge in [0.05, 0.1) is 5.56 Å². The first-order chi connectivity index (χ1) is 14.8. The van der Waals surface area contributed by atoms with Crippen LogP contribution in [0.15, 0.2) is 54.7 Å². The Morgan fingerprint density at radius 3 is 2.71 bits per heavy atom. The number of carbonyl (C=O) groups excluding carboxylic acids is 2. The molecule has 3 N–H and O–H groups in total. The maximum absolute atomic E-state index is 12.9. The molecule has 1 atom stereocenters. The highest BCUT2D eigenvalue weighted by atomic mass is 19.3. The number of rotatable bonds is 8. The number of para-hydroxylation sites is 1. The quantitative estimate of drug-likeness (QED) is 0.586. The lowest BCUT2D eigenvalue weighted by molar-refractivity contribution is -0.334. The molecule has 31 heavy (non-hydrogen) atoms. The highest BCUT2D eigenvalue weighted by molar-refractivity contribution is 6.00. The zero-order valence-corrected chi connectivity index (χ0v) is 16.6. The van der Waals surface area contributed by atoms with E-state index in [1.807, 2.05) is 0 Å². The number of nitrogens with zero attached hydrogens (tertiary/aromatic N) is 1. The van der Waals surface area contributed by atoms with E-state index < -0.39 is 24.2 Å². The minimum absolute atomic E-state index is 0.207. The van der Waals surface area contributed by atoms with Crippen molar-refractivity contribution >= 4 is 23.3 Å². The number of benzene rings is 1. The molecule has 0 saturated heterocycles. The summed E-state index contributed by atoms with van der Waals surface area (Å²) >= 11 is 0. The van der Waals surface area contributed by atoms with Gasteiger partial charge in [-0.05, 0) is 36.8 Å². The molecule has 2 heterocycles. The lowest BCUT2D eigenvalue weighted by Gasteiger charge is -2.14. The van der Waals surface area contributed by atoms with Crippen molar-refractivity contribution in [1.82, 2.24) is 10.3 Å². The molecule has 0 fully saturated rings. The molecule has 9 nitrogen and oxygen atoms in total. The molecule has 0 saturated carbocycles. The van der Waals surface area contributed by atoms with Crippen molar-refractivity contribution in [1.29, 1.82) is 0 Å². The summed E-state index contributed by atoms with van der Waals surface area (Å²) < 4.78 is 39.0. The SMILES string of the molecule is COC(C)C(=O)Nc1cc(CNc2ccccc2C(=O)NC2=COC(F)(F)O2)ccn1. The number of amides is 2. The number of aromatic nitrogens is 1. The van der Waals surface area contributed by atoms with Crippen LogP contribution in [0.3, 0.4) is 0 Å². The van der Waals surface area contributed by atoms with Gasteiger partial charge < -0.3 is 24.8 Å². The Morgan fingerprint density at radius 2 is 2.00 bits per heavy atom. The van der Waals surface area contributed by atoms with Gasteiger partial charge in [0.25, 0.3) is 11.8 Å². The third kappa shape index (κ3) is 5.89. The molecule has 164 valence electrons. The summed E-state index contributed by atoms with van der Waals surface area (Å²) in [4.78, 5) is 28.5. The molecule has 1 aromatic heterocycles. The monoisotopic (exact) mass is 434 g/mol. The van der Waals surface area contributed by atoms with Crippen molar-refractivity contribution in [3.63, 3.8) is 0 Å². The summed E-state index contributed by atoms with van der Waals surface area (Å²) in [5.41, 5.74) is 1.45. The summed E-state index contributed by atoms with van der Waals surface area (Å²) in [6.07, 6.45) is -2.27.